The smallest absolute Gasteiger partial charge is 0.271 e. The Labute approximate surface area is 152 Å². The van der Waals surface area contributed by atoms with Crippen molar-refractivity contribution in [2.24, 2.45) is 12.2 Å². The second-order valence-corrected chi connectivity index (χ2v) is 6.73. The van der Waals surface area contributed by atoms with Gasteiger partial charge in [-0.25, -0.2) is 4.98 Å². The van der Waals surface area contributed by atoms with Gasteiger partial charge in [-0.1, -0.05) is 45.4 Å². The fourth-order valence-electron chi connectivity index (χ4n) is 2.80. The molecule has 0 aliphatic carbocycles. The number of anilines is 1. The zero-order chi connectivity index (χ0) is 17.4. The maximum Gasteiger partial charge on any atom is 0.271 e. The molecule has 0 radical (unpaired) electrons. The number of carbonyl (C=O) groups is 1. The van der Waals surface area contributed by atoms with E-state index >= 15 is 0 Å². The van der Waals surface area contributed by atoms with Crippen LogP contribution in [-0.2, 0) is 16.7 Å². The van der Waals surface area contributed by atoms with Gasteiger partial charge in [-0.2, -0.15) is 0 Å². The van der Waals surface area contributed by atoms with Gasteiger partial charge in [0.15, 0.2) is 0 Å². The van der Waals surface area contributed by atoms with Crippen LogP contribution < -0.4 is 5.32 Å². The number of aromatic nitrogens is 2. The van der Waals surface area contributed by atoms with Gasteiger partial charge in [0, 0.05) is 23.5 Å². The van der Waals surface area contributed by atoms with Gasteiger partial charge in [-0.15, -0.1) is 0 Å². The highest BCUT2D eigenvalue weighted by atomic mass is 79.9. The highest BCUT2D eigenvalue weighted by molar-refractivity contribution is 9.10. The summed E-state index contributed by atoms with van der Waals surface area (Å²) in [6.45, 7) is 0. The molecule has 1 aromatic heterocycles. The fourth-order valence-corrected chi connectivity index (χ4v) is 3.20. The minimum absolute atomic E-state index is 0.257. The lowest BCUT2D eigenvalue weighted by Crippen LogP contribution is -2.29. The summed E-state index contributed by atoms with van der Waals surface area (Å²) in [4.78, 5) is 22.3. The number of aryl methyl sites for hydroxylation is 1. The first-order chi connectivity index (χ1) is 12.1. The largest absolute Gasteiger partial charge is 0.382 e. The second-order valence-electron chi connectivity index (χ2n) is 5.82. The van der Waals surface area contributed by atoms with E-state index in [-0.39, 0.29) is 5.91 Å². The van der Waals surface area contributed by atoms with Gasteiger partial charge in [-0.3, -0.25) is 10.1 Å². The first kappa shape index (κ1) is 15.8. The molecule has 0 fully saturated rings. The van der Waals surface area contributed by atoms with Crippen molar-refractivity contribution >= 4 is 44.5 Å². The molecule has 1 atom stereocenters. The Hall–Kier alpha value is -2.67. The molecule has 0 saturated heterocycles. The van der Waals surface area contributed by atoms with Crippen molar-refractivity contribution in [1.29, 1.82) is 0 Å². The van der Waals surface area contributed by atoms with Crippen molar-refractivity contribution in [3.8, 4) is 0 Å². The van der Waals surface area contributed by atoms with Crippen molar-refractivity contribution in [1.82, 2.24) is 9.55 Å². The average molecular weight is 399 g/mol. The number of hydrogen-bond acceptors (Lipinski definition) is 4. The lowest BCUT2D eigenvalue weighted by atomic mass is 10.0. The van der Waals surface area contributed by atoms with Crippen LogP contribution in [0.4, 0.5) is 5.95 Å². The SMILES string of the molecule is Cn1c(NC(=O)C2CC(c3cccc(Br)c3)=NO2)nc2ccccc21. The summed E-state index contributed by atoms with van der Waals surface area (Å²) in [7, 11) is 1.86. The summed E-state index contributed by atoms with van der Waals surface area (Å²) in [5.74, 6) is 0.234. The van der Waals surface area contributed by atoms with Crippen LogP contribution in [0.2, 0.25) is 0 Å². The maximum absolute atomic E-state index is 12.5. The molecule has 1 amide bonds. The van der Waals surface area contributed by atoms with Crippen LogP contribution in [0.15, 0.2) is 58.2 Å². The summed E-state index contributed by atoms with van der Waals surface area (Å²) in [5, 5.41) is 6.89. The van der Waals surface area contributed by atoms with E-state index in [1.165, 1.54) is 0 Å². The van der Waals surface area contributed by atoms with Crippen LogP contribution in [0.5, 0.6) is 0 Å². The Kier molecular flexibility index (Phi) is 4.01. The molecule has 0 bridgehead atoms. The molecule has 0 spiro atoms. The molecule has 7 heteroatoms. The van der Waals surface area contributed by atoms with Gasteiger partial charge >= 0.3 is 0 Å². The van der Waals surface area contributed by atoms with Crippen LogP contribution in [0, 0.1) is 0 Å². The van der Waals surface area contributed by atoms with Crippen molar-refractivity contribution < 1.29 is 9.63 Å². The van der Waals surface area contributed by atoms with Crippen LogP contribution in [-0.4, -0.2) is 27.3 Å². The number of nitrogens with zero attached hydrogens (tertiary/aromatic N) is 3. The minimum atomic E-state index is -0.659. The van der Waals surface area contributed by atoms with E-state index < -0.39 is 6.10 Å². The van der Waals surface area contributed by atoms with Gasteiger partial charge in [0.05, 0.1) is 16.7 Å². The van der Waals surface area contributed by atoms with Gasteiger partial charge in [-0.05, 0) is 24.3 Å². The molecule has 1 N–H and O–H groups in total. The van der Waals surface area contributed by atoms with Crippen molar-refractivity contribution in [3.05, 3.63) is 58.6 Å². The van der Waals surface area contributed by atoms with E-state index in [0.717, 1.165) is 26.8 Å². The Morgan fingerprint density at radius 2 is 2.12 bits per heavy atom. The number of rotatable bonds is 3. The van der Waals surface area contributed by atoms with Crippen molar-refractivity contribution in [2.75, 3.05) is 5.32 Å². The second kappa shape index (κ2) is 6.33. The van der Waals surface area contributed by atoms with Crippen LogP contribution >= 0.6 is 15.9 Å². The third kappa shape index (κ3) is 3.02. The van der Waals surface area contributed by atoms with Gasteiger partial charge in [0.25, 0.3) is 5.91 Å². The quantitative estimate of drug-likeness (QED) is 0.734. The molecule has 1 aliphatic rings. The molecule has 2 heterocycles. The summed E-state index contributed by atoms with van der Waals surface area (Å²) >= 11 is 3.44. The van der Waals surface area contributed by atoms with Crippen LogP contribution in [0.25, 0.3) is 11.0 Å². The summed E-state index contributed by atoms with van der Waals surface area (Å²) < 4.78 is 2.80. The molecular formula is C18H15BrN4O2. The Bertz CT molecular complexity index is 996. The molecule has 1 aliphatic heterocycles. The molecule has 6 nitrogen and oxygen atoms in total. The van der Waals surface area contributed by atoms with Crippen LogP contribution in [0.3, 0.4) is 0 Å². The van der Waals surface area contributed by atoms with E-state index in [2.05, 4.69) is 31.4 Å². The predicted molar refractivity (Wildman–Crippen MR) is 99.5 cm³/mol. The Balaban J connectivity index is 1.48. The number of para-hydroxylation sites is 2. The molecule has 4 rings (SSSR count). The summed E-state index contributed by atoms with van der Waals surface area (Å²) in [6, 6.07) is 15.5. The number of halogens is 1. The van der Waals surface area contributed by atoms with Crippen LogP contribution in [0.1, 0.15) is 12.0 Å². The third-order valence-electron chi connectivity index (χ3n) is 4.14. The number of fused-ring (bicyclic) bond motifs is 1. The number of hydrogen-bond donors (Lipinski definition) is 1. The monoisotopic (exact) mass is 398 g/mol. The third-order valence-corrected chi connectivity index (χ3v) is 4.63. The van der Waals surface area contributed by atoms with Gasteiger partial charge < -0.3 is 9.40 Å². The number of nitrogens with one attached hydrogen (secondary N) is 1. The van der Waals surface area contributed by atoms with E-state index in [9.17, 15) is 4.79 Å². The summed E-state index contributed by atoms with van der Waals surface area (Å²) in [6.07, 6.45) is -0.236. The van der Waals surface area contributed by atoms with E-state index in [1.807, 2.05) is 60.1 Å². The normalized spacial score (nSPS) is 16.6. The zero-order valence-electron chi connectivity index (χ0n) is 13.4. The van der Waals surface area contributed by atoms with Crippen molar-refractivity contribution in [3.63, 3.8) is 0 Å². The number of benzene rings is 2. The molecule has 25 heavy (non-hydrogen) atoms. The molecule has 2 aromatic carbocycles. The fraction of sp³-hybridized carbons (Fsp3) is 0.167. The first-order valence-corrected chi connectivity index (χ1v) is 8.62. The Morgan fingerprint density at radius 3 is 2.92 bits per heavy atom. The highest BCUT2D eigenvalue weighted by Gasteiger charge is 2.29. The number of imidazole rings is 1. The average Bonchev–Trinajstić information content (AvgIpc) is 3.21. The summed E-state index contributed by atoms with van der Waals surface area (Å²) in [5.41, 5.74) is 3.48. The lowest BCUT2D eigenvalue weighted by molar-refractivity contribution is -0.125. The predicted octanol–water partition coefficient (Wildman–Crippen LogP) is 3.47. The Morgan fingerprint density at radius 1 is 1.28 bits per heavy atom. The number of amides is 1. The molecule has 1 unspecified atom stereocenters. The highest BCUT2D eigenvalue weighted by Crippen LogP contribution is 2.22. The number of oxime groups is 1. The van der Waals surface area contributed by atoms with Crippen molar-refractivity contribution in [2.45, 2.75) is 12.5 Å². The standard InChI is InChI=1S/C18H15BrN4O2/c1-23-15-8-3-2-7-13(15)20-18(23)21-17(24)16-10-14(22-25-16)11-5-4-6-12(19)9-11/h2-9,16H,10H2,1H3,(H,20,21,24). The molecule has 0 saturated carbocycles. The first-order valence-electron chi connectivity index (χ1n) is 7.83. The maximum atomic E-state index is 12.5. The lowest BCUT2D eigenvalue weighted by Gasteiger charge is -2.09. The molecule has 126 valence electrons. The van der Waals surface area contributed by atoms with E-state index in [0.29, 0.717) is 12.4 Å². The number of carbonyl (C=O) groups excluding carboxylic acids is 1. The molecular weight excluding hydrogens is 384 g/mol. The van der Waals surface area contributed by atoms with E-state index in [4.69, 9.17) is 4.84 Å². The van der Waals surface area contributed by atoms with E-state index in [1.54, 1.807) is 0 Å². The van der Waals surface area contributed by atoms with Gasteiger partial charge in [0.2, 0.25) is 12.1 Å². The molecule has 3 aromatic rings. The zero-order valence-corrected chi connectivity index (χ0v) is 15.0. The topological polar surface area (TPSA) is 68.5 Å². The van der Waals surface area contributed by atoms with Gasteiger partial charge in [0.1, 0.15) is 0 Å². The minimum Gasteiger partial charge on any atom is -0.382 e.